The number of benzene rings is 1. The Morgan fingerprint density at radius 2 is 2.14 bits per heavy atom. The number of methoxy groups -OCH3 is 1. The molecule has 0 amide bonds. The van der Waals surface area contributed by atoms with Crippen LogP contribution in [0.3, 0.4) is 0 Å². The Morgan fingerprint density at radius 3 is 2.64 bits per heavy atom. The van der Waals surface area contributed by atoms with Crippen LogP contribution in [0.25, 0.3) is 0 Å². The Labute approximate surface area is 84.4 Å². The lowest BCUT2D eigenvalue weighted by molar-refractivity contribution is -0.130. The van der Waals surface area contributed by atoms with E-state index in [4.69, 9.17) is 16.3 Å². The van der Waals surface area contributed by atoms with Gasteiger partial charge in [-0.05, 0) is 12.1 Å². The van der Waals surface area contributed by atoms with E-state index in [1.165, 1.54) is 19.2 Å². The van der Waals surface area contributed by atoms with Gasteiger partial charge < -0.3 is 4.74 Å². The second-order valence-corrected chi connectivity index (χ2v) is 2.97. The molecule has 5 heteroatoms. The first-order valence-corrected chi connectivity index (χ1v) is 4.08. The van der Waals surface area contributed by atoms with Crippen molar-refractivity contribution < 1.29 is 18.3 Å². The number of rotatable bonds is 3. The summed E-state index contributed by atoms with van der Waals surface area (Å²) in [6.07, 6.45) is -0.443. The molecule has 0 atom stereocenters. The van der Waals surface area contributed by atoms with Gasteiger partial charge in [-0.2, -0.15) is 8.78 Å². The lowest BCUT2D eigenvalue weighted by atomic mass is 10.1. The summed E-state index contributed by atoms with van der Waals surface area (Å²) in [4.78, 5) is 10.2. The van der Waals surface area contributed by atoms with Gasteiger partial charge in [-0.25, -0.2) is 0 Å². The fraction of sp³-hybridized carbons (Fsp3) is 0.222. The predicted molar refractivity (Wildman–Crippen MR) is 48.0 cm³/mol. The van der Waals surface area contributed by atoms with Gasteiger partial charge in [-0.3, -0.25) is 4.79 Å². The maximum Gasteiger partial charge on any atom is 0.331 e. The van der Waals surface area contributed by atoms with Gasteiger partial charge in [0.25, 0.3) is 0 Å². The lowest BCUT2D eigenvalue weighted by Crippen LogP contribution is -2.16. The Balaban J connectivity index is 3.34. The molecule has 1 aromatic rings. The van der Waals surface area contributed by atoms with Crippen LogP contribution < -0.4 is 4.74 Å². The van der Waals surface area contributed by atoms with Crippen LogP contribution in [0.4, 0.5) is 8.78 Å². The first-order chi connectivity index (χ1) is 6.53. The number of aldehydes is 1. The average molecular weight is 221 g/mol. The molecule has 0 aliphatic heterocycles. The number of ether oxygens (including phenoxy) is 1. The van der Waals surface area contributed by atoms with Crippen LogP contribution in [0.5, 0.6) is 5.75 Å². The molecule has 0 aromatic heterocycles. The van der Waals surface area contributed by atoms with Crippen molar-refractivity contribution in [1.82, 2.24) is 0 Å². The fourth-order valence-electron chi connectivity index (χ4n) is 1.04. The van der Waals surface area contributed by atoms with Crippen LogP contribution >= 0.6 is 11.6 Å². The van der Waals surface area contributed by atoms with Crippen molar-refractivity contribution in [3.63, 3.8) is 0 Å². The molecule has 0 fully saturated rings. The van der Waals surface area contributed by atoms with Crippen LogP contribution in [0, 0.1) is 0 Å². The quantitative estimate of drug-likeness (QED) is 0.732. The van der Waals surface area contributed by atoms with E-state index in [0.29, 0.717) is 0 Å². The van der Waals surface area contributed by atoms with E-state index in [1.54, 1.807) is 0 Å². The minimum absolute atomic E-state index is 0.0477. The molecule has 0 saturated carbocycles. The molecule has 0 spiro atoms. The Morgan fingerprint density at radius 1 is 1.50 bits per heavy atom. The number of alkyl halides is 2. The van der Waals surface area contributed by atoms with Crippen LogP contribution in [-0.4, -0.2) is 13.4 Å². The van der Waals surface area contributed by atoms with Gasteiger partial charge in [0.05, 0.1) is 17.7 Å². The molecule has 14 heavy (non-hydrogen) atoms. The standard InChI is InChI=1S/C9H7ClF2O2/c1-14-8-6(9(11,12)5-13)3-2-4-7(8)10/h2-5H,1H3. The largest absolute Gasteiger partial charge is 0.495 e. The molecule has 0 heterocycles. The van der Waals surface area contributed by atoms with Gasteiger partial charge in [0.1, 0.15) is 5.75 Å². The summed E-state index contributed by atoms with van der Waals surface area (Å²) < 4.78 is 30.7. The molecule has 0 bridgehead atoms. The average Bonchev–Trinajstić information content (AvgIpc) is 2.17. The number of halogens is 3. The number of hydrogen-bond acceptors (Lipinski definition) is 2. The first kappa shape index (κ1) is 10.9. The monoisotopic (exact) mass is 220 g/mol. The third kappa shape index (κ3) is 1.85. The van der Waals surface area contributed by atoms with Crippen LogP contribution in [0.2, 0.25) is 5.02 Å². The van der Waals surface area contributed by atoms with E-state index in [2.05, 4.69) is 0 Å². The maximum absolute atomic E-state index is 13.0. The summed E-state index contributed by atoms with van der Waals surface area (Å²) in [5, 5.41) is 0.0477. The van der Waals surface area contributed by atoms with Gasteiger partial charge in [0.2, 0.25) is 0 Å². The van der Waals surface area contributed by atoms with Crippen molar-refractivity contribution in [2.24, 2.45) is 0 Å². The highest BCUT2D eigenvalue weighted by Gasteiger charge is 2.34. The zero-order valence-electron chi connectivity index (χ0n) is 7.26. The van der Waals surface area contributed by atoms with Gasteiger partial charge in [0, 0.05) is 0 Å². The number of hydrogen-bond donors (Lipinski definition) is 0. The Bertz CT molecular complexity index is 353. The number of para-hydroxylation sites is 1. The zero-order chi connectivity index (χ0) is 10.8. The van der Waals surface area contributed by atoms with E-state index in [0.717, 1.165) is 6.07 Å². The van der Waals surface area contributed by atoms with Gasteiger partial charge in [0.15, 0.2) is 6.29 Å². The van der Waals surface area contributed by atoms with Crippen molar-refractivity contribution in [3.8, 4) is 5.75 Å². The van der Waals surface area contributed by atoms with Crippen molar-refractivity contribution >= 4 is 17.9 Å². The maximum atomic E-state index is 13.0. The minimum Gasteiger partial charge on any atom is -0.495 e. The molecular weight excluding hydrogens is 214 g/mol. The van der Waals surface area contributed by atoms with E-state index in [-0.39, 0.29) is 10.8 Å². The molecule has 1 aromatic carbocycles. The molecule has 0 N–H and O–H groups in total. The second kappa shape index (κ2) is 3.92. The molecule has 0 aliphatic rings. The molecule has 0 radical (unpaired) electrons. The van der Waals surface area contributed by atoms with E-state index in [9.17, 15) is 13.6 Å². The minimum atomic E-state index is -3.57. The number of carbonyl (C=O) groups is 1. The molecule has 76 valence electrons. The summed E-state index contributed by atoms with van der Waals surface area (Å²) in [6.45, 7) is 0. The predicted octanol–water partition coefficient (Wildman–Crippen LogP) is 2.64. The molecule has 1 rings (SSSR count). The first-order valence-electron chi connectivity index (χ1n) is 3.70. The van der Waals surface area contributed by atoms with Gasteiger partial charge >= 0.3 is 5.92 Å². The third-order valence-electron chi connectivity index (χ3n) is 1.68. The fourth-order valence-corrected chi connectivity index (χ4v) is 1.29. The summed E-state index contributed by atoms with van der Waals surface area (Å²) >= 11 is 5.62. The van der Waals surface area contributed by atoms with Crippen LogP contribution in [0.1, 0.15) is 5.56 Å². The number of carbonyl (C=O) groups excluding carboxylic acids is 1. The normalized spacial score (nSPS) is 11.1. The van der Waals surface area contributed by atoms with E-state index in [1.807, 2.05) is 0 Å². The highest BCUT2D eigenvalue weighted by Crippen LogP contribution is 2.37. The summed E-state index contributed by atoms with van der Waals surface area (Å²) in [5.41, 5.74) is -0.525. The Kier molecular flexibility index (Phi) is 3.06. The smallest absolute Gasteiger partial charge is 0.331 e. The highest BCUT2D eigenvalue weighted by molar-refractivity contribution is 6.32. The van der Waals surface area contributed by atoms with E-state index >= 15 is 0 Å². The SMILES string of the molecule is COc1c(Cl)cccc1C(F)(F)C=O. The molecule has 0 aliphatic carbocycles. The topological polar surface area (TPSA) is 26.3 Å². The van der Waals surface area contributed by atoms with Gasteiger partial charge in [-0.15, -0.1) is 0 Å². The van der Waals surface area contributed by atoms with Crippen molar-refractivity contribution in [2.75, 3.05) is 7.11 Å². The van der Waals surface area contributed by atoms with Crippen molar-refractivity contribution in [1.29, 1.82) is 0 Å². The van der Waals surface area contributed by atoms with Crippen molar-refractivity contribution in [3.05, 3.63) is 28.8 Å². The third-order valence-corrected chi connectivity index (χ3v) is 1.98. The highest BCUT2D eigenvalue weighted by atomic mass is 35.5. The second-order valence-electron chi connectivity index (χ2n) is 2.56. The van der Waals surface area contributed by atoms with Crippen LogP contribution in [-0.2, 0) is 10.7 Å². The molecule has 0 unspecified atom stereocenters. The summed E-state index contributed by atoms with van der Waals surface area (Å²) in [5.74, 6) is -3.75. The molecule has 0 saturated heterocycles. The van der Waals surface area contributed by atoms with Gasteiger partial charge in [-0.1, -0.05) is 17.7 Å². The van der Waals surface area contributed by atoms with E-state index < -0.39 is 17.8 Å². The molecular formula is C9H7ClF2O2. The van der Waals surface area contributed by atoms with Crippen LogP contribution in [0.15, 0.2) is 18.2 Å². The molecule has 2 nitrogen and oxygen atoms in total. The summed E-state index contributed by atoms with van der Waals surface area (Å²) in [6, 6.07) is 3.83. The summed E-state index contributed by atoms with van der Waals surface area (Å²) in [7, 11) is 1.21. The van der Waals surface area contributed by atoms with Crippen molar-refractivity contribution in [2.45, 2.75) is 5.92 Å². The Hall–Kier alpha value is -1.16. The lowest BCUT2D eigenvalue weighted by Gasteiger charge is -2.14. The zero-order valence-corrected chi connectivity index (χ0v) is 8.02.